The molecule has 1 aliphatic rings. The van der Waals surface area contributed by atoms with E-state index in [-0.39, 0.29) is 29.8 Å². The zero-order valence-corrected chi connectivity index (χ0v) is 20.2. The molecule has 0 spiro atoms. The molecule has 2 atom stereocenters. The van der Waals surface area contributed by atoms with E-state index in [0.717, 1.165) is 35.5 Å². The van der Waals surface area contributed by atoms with Crippen molar-refractivity contribution in [2.45, 2.75) is 61.3 Å². The number of carbonyl (C=O) groups excluding carboxylic acids is 2. The number of nitrogens with one attached hydrogen (secondary N) is 1. The van der Waals surface area contributed by atoms with E-state index >= 15 is 0 Å². The smallest absolute Gasteiger partial charge is 0.420 e. The van der Waals surface area contributed by atoms with E-state index in [2.05, 4.69) is 20.0 Å². The predicted molar refractivity (Wildman–Crippen MR) is 121 cm³/mol. The van der Waals surface area contributed by atoms with Crippen LogP contribution >= 0.6 is 23.2 Å². The average Bonchev–Trinajstić information content (AvgIpc) is 2.81. The standard InChI is InChI=1S/C22H21Cl2F5N4O3/c1-20(13-10-30-12-31-11-13,19(35)32-14-6-8-21(26,27)9-7-14)33(18(34)17(23)25)15-2-4-16(5-3-15)36-22(24,28)29/h2-5,10-12,14,17H,6-9H2,1H3,(H,32,35)/t17-,20+/m0/s1. The first-order chi connectivity index (χ1) is 16.7. The van der Waals surface area contributed by atoms with Crippen LogP contribution in [0.3, 0.4) is 0 Å². The van der Waals surface area contributed by atoms with Gasteiger partial charge in [-0.05, 0) is 44.0 Å². The number of alkyl halides is 7. The lowest BCUT2D eigenvalue weighted by Crippen LogP contribution is -2.60. The third-order valence-corrected chi connectivity index (χ3v) is 6.06. The van der Waals surface area contributed by atoms with Crippen molar-refractivity contribution in [3.63, 3.8) is 0 Å². The zero-order valence-electron chi connectivity index (χ0n) is 18.7. The second kappa shape index (κ2) is 10.7. The molecule has 7 nitrogen and oxygen atoms in total. The highest BCUT2D eigenvalue weighted by Crippen LogP contribution is 2.38. The average molecular weight is 555 g/mol. The number of rotatable bonds is 8. The number of carbonyl (C=O) groups is 2. The van der Waals surface area contributed by atoms with Crippen LogP contribution in [0.4, 0.5) is 27.6 Å². The van der Waals surface area contributed by atoms with Crippen LogP contribution in [0.25, 0.3) is 0 Å². The summed E-state index contributed by atoms with van der Waals surface area (Å²) in [7, 11) is 0. The Bertz CT molecular complexity index is 1060. The summed E-state index contributed by atoms with van der Waals surface area (Å²) in [6.07, 6.45) is 2.68. The Morgan fingerprint density at radius 2 is 1.72 bits per heavy atom. The van der Waals surface area contributed by atoms with E-state index in [0.29, 0.717) is 0 Å². The highest BCUT2D eigenvalue weighted by Gasteiger charge is 2.48. The van der Waals surface area contributed by atoms with Crippen LogP contribution in [-0.2, 0) is 15.1 Å². The molecule has 1 aliphatic carbocycles. The van der Waals surface area contributed by atoms with E-state index in [9.17, 15) is 31.5 Å². The van der Waals surface area contributed by atoms with Crippen molar-refractivity contribution in [2.75, 3.05) is 4.90 Å². The number of hydrogen-bond donors (Lipinski definition) is 1. The fourth-order valence-corrected chi connectivity index (χ4v) is 4.11. The van der Waals surface area contributed by atoms with Gasteiger partial charge < -0.3 is 10.1 Å². The number of amides is 2. The minimum Gasteiger partial charge on any atom is -0.420 e. The van der Waals surface area contributed by atoms with Gasteiger partial charge in [-0.2, -0.15) is 0 Å². The normalized spacial score (nSPS) is 18.6. The van der Waals surface area contributed by atoms with E-state index in [1.165, 1.54) is 19.3 Å². The third-order valence-electron chi connectivity index (χ3n) is 5.80. The van der Waals surface area contributed by atoms with Crippen molar-refractivity contribution in [1.82, 2.24) is 15.3 Å². The quantitative estimate of drug-likeness (QED) is 0.361. The van der Waals surface area contributed by atoms with Crippen molar-refractivity contribution in [3.8, 4) is 5.75 Å². The van der Waals surface area contributed by atoms with Gasteiger partial charge >= 0.3 is 5.57 Å². The van der Waals surface area contributed by atoms with Crippen LogP contribution in [-0.4, -0.2) is 44.9 Å². The highest BCUT2D eigenvalue weighted by atomic mass is 35.5. The Labute approximate surface area is 212 Å². The number of halogens is 7. The van der Waals surface area contributed by atoms with Gasteiger partial charge in [0.25, 0.3) is 17.4 Å². The molecule has 2 aromatic rings. The molecular weight excluding hydrogens is 534 g/mol. The molecule has 0 unspecified atom stereocenters. The molecule has 196 valence electrons. The lowest BCUT2D eigenvalue weighted by molar-refractivity contribution is -0.132. The number of aromatic nitrogens is 2. The molecule has 1 aromatic heterocycles. The molecule has 0 saturated heterocycles. The molecule has 1 heterocycles. The topological polar surface area (TPSA) is 84.4 Å². The van der Waals surface area contributed by atoms with Gasteiger partial charge in [-0.1, -0.05) is 11.6 Å². The summed E-state index contributed by atoms with van der Waals surface area (Å²) in [6, 6.07) is 3.64. The Hall–Kier alpha value is -2.73. The van der Waals surface area contributed by atoms with Crippen LogP contribution in [0.5, 0.6) is 5.75 Å². The molecule has 36 heavy (non-hydrogen) atoms. The molecule has 14 heteroatoms. The fourth-order valence-electron chi connectivity index (χ4n) is 3.92. The van der Waals surface area contributed by atoms with Gasteiger partial charge in [0.2, 0.25) is 5.92 Å². The molecule has 0 aliphatic heterocycles. The first-order valence-corrected chi connectivity index (χ1v) is 11.5. The summed E-state index contributed by atoms with van der Waals surface area (Å²) in [6.45, 7) is 1.27. The van der Waals surface area contributed by atoms with Crippen LogP contribution in [0.2, 0.25) is 0 Å². The monoisotopic (exact) mass is 554 g/mol. The van der Waals surface area contributed by atoms with E-state index < -0.39 is 53.4 Å². The minimum atomic E-state index is -4.01. The number of hydrogen-bond acceptors (Lipinski definition) is 5. The Morgan fingerprint density at radius 3 is 2.22 bits per heavy atom. The summed E-state index contributed by atoms with van der Waals surface area (Å²) in [5, 5.41) is 2.65. The van der Waals surface area contributed by atoms with Crippen molar-refractivity contribution in [3.05, 3.63) is 48.5 Å². The van der Waals surface area contributed by atoms with Crippen LogP contribution in [0.1, 0.15) is 38.2 Å². The zero-order chi connectivity index (χ0) is 26.7. The van der Waals surface area contributed by atoms with E-state index in [4.69, 9.17) is 23.2 Å². The van der Waals surface area contributed by atoms with Crippen molar-refractivity contribution >= 4 is 40.7 Å². The summed E-state index contributed by atoms with van der Waals surface area (Å²) < 4.78 is 71.6. The van der Waals surface area contributed by atoms with Crippen LogP contribution in [0.15, 0.2) is 43.0 Å². The lowest BCUT2D eigenvalue weighted by Gasteiger charge is -2.41. The molecular formula is C22H21Cl2F5N4O3. The first kappa shape index (κ1) is 27.9. The molecule has 0 radical (unpaired) electrons. The second-order valence-electron chi connectivity index (χ2n) is 8.32. The first-order valence-electron chi connectivity index (χ1n) is 10.7. The Kier molecular flexibility index (Phi) is 8.29. The largest absolute Gasteiger partial charge is 0.487 e. The molecule has 1 fully saturated rings. The van der Waals surface area contributed by atoms with Gasteiger partial charge in [0.05, 0.1) is 0 Å². The third kappa shape index (κ3) is 6.52. The van der Waals surface area contributed by atoms with Gasteiger partial charge in [-0.25, -0.2) is 23.1 Å². The number of anilines is 1. The molecule has 3 rings (SSSR count). The maximum Gasteiger partial charge on any atom is 0.487 e. The van der Waals surface area contributed by atoms with E-state index in [1.807, 2.05) is 0 Å². The number of ether oxygens (including phenoxy) is 1. The molecule has 1 N–H and O–H groups in total. The second-order valence-corrected chi connectivity index (χ2v) is 9.14. The molecule has 1 aromatic carbocycles. The van der Waals surface area contributed by atoms with Crippen molar-refractivity contribution in [2.24, 2.45) is 0 Å². The highest BCUT2D eigenvalue weighted by molar-refractivity contribution is 6.32. The van der Waals surface area contributed by atoms with Gasteiger partial charge in [-0.15, -0.1) is 8.78 Å². The summed E-state index contributed by atoms with van der Waals surface area (Å²) in [5.74, 6) is -5.43. The maximum absolute atomic E-state index is 14.2. The summed E-state index contributed by atoms with van der Waals surface area (Å²) >= 11 is 10.2. The van der Waals surface area contributed by atoms with Gasteiger partial charge in [0, 0.05) is 54.1 Å². The summed E-state index contributed by atoms with van der Waals surface area (Å²) in [5.41, 5.74) is -8.72. The van der Waals surface area contributed by atoms with Gasteiger partial charge in [0.1, 0.15) is 12.1 Å². The van der Waals surface area contributed by atoms with Crippen LogP contribution < -0.4 is 15.0 Å². The van der Waals surface area contributed by atoms with Crippen LogP contribution in [0, 0.1) is 0 Å². The lowest BCUT2D eigenvalue weighted by atomic mass is 9.87. The maximum atomic E-state index is 14.2. The molecule has 0 bridgehead atoms. The molecule has 2 amide bonds. The Balaban J connectivity index is 2.04. The number of benzene rings is 1. The summed E-state index contributed by atoms with van der Waals surface area (Å²) in [4.78, 5) is 35.1. The Morgan fingerprint density at radius 1 is 1.17 bits per heavy atom. The van der Waals surface area contributed by atoms with E-state index in [1.54, 1.807) is 0 Å². The van der Waals surface area contributed by atoms with Crippen molar-refractivity contribution < 1.29 is 36.3 Å². The predicted octanol–water partition coefficient (Wildman–Crippen LogP) is 5.12. The van der Waals surface area contributed by atoms with Gasteiger partial charge in [-0.3, -0.25) is 14.5 Å². The minimum absolute atomic E-state index is 0.0199. The SMILES string of the molecule is C[C@](C(=O)NC1CCC(F)(F)CC1)(c1cncnc1)N(C(=O)[C@H](F)Cl)c1ccc(OC(F)(F)Cl)cc1. The van der Waals surface area contributed by atoms with Crippen molar-refractivity contribution in [1.29, 1.82) is 0 Å². The number of nitrogens with zero attached hydrogens (tertiary/aromatic N) is 3. The van der Waals surface area contributed by atoms with Gasteiger partial charge in [0.15, 0.2) is 5.54 Å². The molecule has 1 saturated carbocycles. The fraction of sp³-hybridized carbons (Fsp3) is 0.455.